The van der Waals surface area contributed by atoms with Crippen LogP contribution in [0, 0.1) is 6.92 Å². The lowest BCUT2D eigenvalue weighted by molar-refractivity contribution is 0.0734. The number of hydrogen-bond acceptors (Lipinski definition) is 6. The van der Waals surface area contributed by atoms with Crippen molar-refractivity contribution in [1.82, 2.24) is 0 Å². The normalized spacial score (nSPS) is 11.1. The van der Waals surface area contributed by atoms with Crippen molar-refractivity contribution in [2.24, 2.45) is 0 Å². The molecule has 0 aliphatic heterocycles. The molecule has 0 aliphatic rings. The van der Waals surface area contributed by atoms with Crippen LogP contribution in [0.5, 0.6) is 17.2 Å². The van der Waals surface area contributed by atoms with E-state index in [1.807, 2.05) is 38.1 Å². The molecule has 4 aromatic rings. The molecule has 0 amide bonds. The maximum atomic E-state index is 12.9. The molecule has 0 spiro atoms. The highest BCUT2D eigenvalue weighted by Crippen LogP contribution is 2.30. The van der Waals surface area contributed by atoms with E-state index >= 15 is 0 Å². The zero-order valence-electron chi connectivity index (χ0n) is 19.9. The first-order valence-electron chi connectivity index (χ1n) is 11.4. The number of furan rings is 1. The van der Waals surface area contributed by atoms with E-state index in [1.54, 1.807) is 55.5 Å². The van der Waals surface area contributed by atoms with Gasteiger partial charge in [0.15, 0.2) is 5.78 Å². The van der Waals surface area contributed by atoms with Gasteiger partial charge in [0.05, 0.1) is 13.2 Å². The Morgan fingerprint density at radius 1 is 0.829 bits per heavy atom. The molecule has 35 heavy (non-hydrogen) atoms. The molecule has 3 aromatic carbocycles. The van der Waals surface area contributed by atoms with Crippen LogP contribution in [0.3, 0.4) is 0 Å². The van der Waals surface area contributed by atoms with Gasteiger partial charge in [-0.05, 0) is 87.0 Å². The van der Waals surface area contributed by atoms with E-state index in [4.69, 9.17) is 18.6 Å². The van der Waals surface area contributed by atoms with Gasteiger partial charge in [-0.25, -0.2) is 4.79 Å². The molecular weight excluding hydrogens is 444 g/mol. The lowest BCUT2D eigenvalue weighted by atomic mass is 10.1. The Morgan fingerprint density at radius 3 is 2.14 bits per heavy atom. The molecular formula is C29H26O6. The second kappa shape index (κ2) is 10.7. The fourth-order valence-electron chi connectivity index (χ4n) is 3.66. The number of benzene rings is 3. The zero-order chi connectivity index (χ0) is 24.8. The third-order valence-electron chi connectivity index (χ3n) is 5.32. The number of allylic oxidation sites excluding steroid dienone is 1. The molecule has 0 N–H and O–H groups in total. The number of ketones is 1. The highest BCUT2D eigenvalue weighted by molar-refractivity contribution is 6.07. The van der Waals surface area contributed by atoms with Crippen molar-refractivity contribution in [3.63, 3.8) is 0 Å². The summed E-state index contributed by atoms with van der Waals surface area (Å²) in [5.41, 5.74) is 2.30. The number of carbonyl (C=O) groups is 2. The highest BCUT2D eigenvalue weighted by Gasteiger charge is 2.21. The summed E-state index contributed by atoms with van der Waals surface area (Å²) in [6.45, 7) is 6.66. The molecule has 6 heteroatoms. The third-order valence-corrected chi connectivity index (χ3v) is 5.32. The predicted octanol–water partition coefficient (Wildman–Crippen LogP) is 6.65. The van der Waals surface area contributed by atoms with Crippen LogP contribution in [0.4, 0.5) is 0 Å². The van der Waals surface area contributed by atoms with Crippen molar-refractivity contribution >= 4 is 28.8 Å². The van der Waals surface area contributed by atoms with Crippen molar-refractivity contribution in [2.75, 3.05) is 13.2 Å². The summed E-state index contributed by atoms with van der Waals surface area (Å²) < 4.78 is 22.2. The molecule has 0 bridgehead atoms. The van der Waals surface area contributed by atoms with Crippen LogP contribution >= 0.6 is 0 Å². The van der Waals surface area contributed by atoms with E-state index in [0.29, 0.717) is 52.6 Å². The van der Waals surface area contributed by atoms with Gasteiger partial charge in [-0.3, -0.25) is 4.79 Å². The van der Waals surface area contributed by atoms with Gasteiger partial charge in [0.2, 0.25) is 0 Å². The maximum Gasteiger partial charge on any atom is 0.347 e. The molecule has 0 aliphatic carbocycles. The minimum atomic E-state index is -0.538. The van der Waals surface area contributed by atoms with Gasteiger partial charge in [0.25, 0.3) is 0 Å². The van der Waals surface area contributed by atoms with Gasteiger partial charge in [-0.1, -0.05) is 18.2 Å². The molecule has 4 rings (SSSR count). The average Bonchev–Trinajstić information content (AvgIpc) is 3.19. The monoisotopic (exact) mass is 470 g/mol. The smallest absolute Gasteiger partial charge is 0.347 e. The van der Waals surface area contributed by atoms with Crippen LogP contribution in [-0.4, -0.2) is 25.0 Å². The molecule has 0 atom stereocenters. The molecule has 6 nitrogen and oxygen atoms in total. The van der Waals surface area contributed by atoms with Crippen molar-refractivity contribution in [3.8, 4) is 17.2 Å². The number of rotatable bonds is 9. The Hall–Kier alpha value is -4.32. The van der Waals surface area contributed by atoms with Crippen molar-refractivity contribution in [2.45, 2.75) is 20.8 Å². The van der Waals surface area contributed by atoms with E-state index in [0.717, 1.165) is 11.3 Å². The molecule has 0 fully saturated rings. The van der Waals surface area contributed by atoms with E-state index < -0.39 is 5.97 Å². The lowest BCUT2D eigenvalue weighted by Gasteiger charge is -2.06. The highest BCUT2D eigenvalue weighted by atomic mass is 16.5. The van der Waals surface area contributed by atoms with Gasteiger partial charge < -0.3 is 18.6 Å². The molecule has 0 unspecified atom stereocenters. The summed E-state index contributed by atoms with van der Waals surface area (Å²) in [5.74, 6) is 1.54. The number of hydrogen-bond donors (Lipinski definition) is 0. The lowest BCUT2D eigenvalue weighted by Crippen LogP contribution is -2.09. The third kappa shape index (κ3) is 5.61. The maximum absolute atomic E-state index is 12.9. The Balaban J connectivity index is 1.44. The minimum Gasteiger partial charge on any atom is -0.494 e. The Kier molecular flexibility index (Phi) is 7.31. The zero-order valence-corrected chi connectivity index (χ0v) is 19.9. The summed E-state index contributed by atoms with van der Waals surface area (Å²) >= 11 is 0. The molecule has 1 heterocycles. The Bertz CT molecular complexity index is 1360. The number of esters is 1. The van der Waals surface area contributed by atoms with Crippen LogP contribution in [0.25, 0.3) is 17.0 Å². The van der Waals surface area contributed by atoms with Crippen LogP contribution < -0.4 is 14.2 Å². The molecule has 178 valence electrons. The van der Waals surface area contributed by atoms with Crippen LogP contribution in [0.15, 0.2) is 77.2 Å². The molecule has 0 saturated heterocycles. The number of fused-ring (bicyclic) bond motifs is 1. The van der Waals surface area contributed by atoms with Gasteiger partial charge in [-0.2, -0.15) is 0 Å². The molecule has 0 saturated carbocycles. The van der Waals surface area contributed by atoms with Crippen LogP contribution in [0.1, 0.15) is 45.9 Å². The topological polar surface area (TPSA) is 75.0 Å². The first-order chi connectivity index (χ1) is 17.0. The van der Waals surface area contributed by atoms with E-state index in [9.17, 15) is 9.59 Å². The summed E-state index contributed by atoms with van der Waals surface area (Å²) in [4.78, 5) is 25.5. The second-order valence-corrected chi connectivity index (χ2v) is 7.74. The fourth-order valence-corrected chi connectivity index (χ4v) is 3.66. The van der Waals surface area contributed by atoms with E-state index in [2.05, 4.69) is 0 Å². The van der Waals surface area contributed by atoms with Gasteiger partial charge in [0.1, 0.15) is 34.2 Å². The van der Waals surface area contributed by atoms with Crippen molar-refractivity contribution in [1.29, 1.82) is 0 Å². The van der Waals surface area contributed by atoms with Gasteiger partial charge in [0, 0.05) is 10.9 Å². The summed E-state index contributed by atoms with van der Waals surface area (Å²) in [6.07, 6.45) is 3.25. The first-order valence-corrected chi connectivity index (χ1v) is 11.4. The van der Waals surface area contributed by atoms with Crippen LogP contribution in [0.2, 0.25) is 0 Å². The van der Waals surface area contributed by atoms with Gasteiger partial charge >= 0.3 is 5.97 Å². The van der Waals surface area contributed by atoms with E-state index in [-0.39, 0.29) is 5.78 Å². The SMILES string of the molecule is CCOc1ccc(C=CC(=O)c2ccc(OC(=O)c3c(C)oc4ccc(OCC)cc34)cc2)cc1. The summed E-state index contributed by atoms with van der Waals surface area (Å²) in [5, 5.41) is 0.629. The Labute approximate surface area is 203 Å². The number of ether oxygens (including phenoxy) is 3. The van der Waals surface area contributed by atoms with Crippen LogP contribution in [-0.2, 0) is 0 Å². The van der Waals surface area contributed by atoms with E-state index in [1.165, 1.54) is 6.08 Å². The second-order valence-electron chi connectivity index (χ2n) is 7.74. The first kappa shape index (κ1) is 23.8. The summed E-state index contributed by atoms with van der Waals surface area (Å²) in [7, 11) is 0. The number of carbonyl (C=O) groups excluding carboxylic acids is 2. The number of aryl methyl sites for hydroxylation is 1. The summed E-state index contributed by atoms with van der Waals surface area (Å²) in [6, 6.07) is 19.3. The fraction of sp³-hybridized carbons (Fsp3) is 0.172. The molecule has 1 aromatic heterocycles. The quantitative estimate of drug-likeness (QED) is 0.118. The van der Waals surface area contributed by atoms with Crippen molar-refractivity contribution in [3.05, 3.63) is 95.3 Å². The predicted molar refractivity (Wildman–Crippen MR) is 134 cm³/mol. The molecule has 0 radical (unpaired) electrons. The largest absolute Gasteiger partial charge is 0.494 e. The van der Waals surface area contributed by atoms with Crippen molar-refractivity contribution < 1.29 is 28.2 Å². The average molecular weight is 471 g/mol. The minimum absolute atomic E-state index is 0.156. The Morgan fingerprint density at radius 2 is 1.46 bits per heavy atom. The standard InChI is InChI=1S/C29H26O6/c1-4-32-22-11-6-20(7-12-22)8-16-26(30)21-9-13-23(14-10-21)35-29(31)28-19(3)34-27-17-15-24(33-5-2)18-25(27)28/h6-18H,4-5H2,1-3H3. The van der Waals surface area contributed by atoms with Gasteiger partial charge in [-0.15, -0.1) is 0 Å².